The van der Waals surface area contributed by atoms with Gasteiger partial charge in [-0.1, -0.05) is 60.7 Å². The maximum absolute atomic E-state index is 13.4. The highest BCUT2D eigenvalue weighted by Crippen LogP contribution is 2.21. The van der Waals surface area contributed by atoms with E-state index >= 15 is 0 Å². The van der Waals surface area contributed by atoms with Gasteiger partial charge >= 0.3 is 6.98 Å². The van der Waals surface area contributed by atoms with Crippen LogP contribution in [0.4, 0.5) is 34.9 Å². The minimum atomic E-state index is -6.30. The van der Waals surface area contributed by atoms with Crippen molar-refractivity contribution in [2.75, 3.05) is 17.3 Å². The minimum Gasteiger partial charge on any atom is -0.445 e. The summed E-state index contributed by atoms with van der Waals surface area (Å²) in [5.74, 6) is -15.1. The van der Waals surface area contributed by atoms with Gasteiger partial charge in [0.25, 0.3) is 0 Å². The third kappa shape index (κ3) is 8.69. The normalized spacial score (nSPS) is 10.9. The van der Waals surface area contributed by atoms with Crippen LogP contribution < -0.4 is 5.46 Å². The molecule has 0 aromatic heterocycles. The van der Waals surface area contributed by atoms with Crippen molar-refractivity contribution in [3.8, 4) is 12.1 Å². The first-order valence-corrected chi connectivity index (χ1v) is 13.6. The van der Waals surface area contributed by atoms with Crippen molar-refractivity contribution in [3.63, 3.8) is 0 Å². The van der Waals surface area contributed by atoms with Crippen molar-refractivity contribution in [1.29, 1.82) is 10.5 Å². The number of benzene rings is 3. The van der Waals surface area contributed by atoms with Gasteiger partial charge < -0.3 is 12.9 Å². The molecule has 0 atom stereocenters. The molecule has 0 radical (unpaired) electrons. The van der Waals surface area contributed by atoms with Crippen molar-refractivity contribution in [1.82, 2.24) is 0 Å². The SMILES string of the molecule is Fc1c(F)c(F)c([B-](F)(F)F)c(F)c1F.N#CC(C#N)=CC[S+](=O)(CC(=O)c1ccccc1)CC(=O)c1ccccc1. The van der Waals surface area contributed by atoms with E-state index in [1.807, 2.05) is 0 Å². The van der Waals surface area contributed by atoms with Gasteiger partial charge in [0, 0.05) is 11.1 Å². The van der Waals surface area contributed by atoms with Crippen LogP contribution in [0.5, 0.6) is 0 Å². The Morgan fingerprint density at radius 2 is 1.05 bits per heavy atom. The molecule has 0 saturated carbocycles. The maximum Gasteiger partial charge on any atom is 0.515 e. The number of nitriles is 2. The number of hydrogen-bond acceptors (Lipinski definition) is 5. The predicted octanol–water partition coefficient (Wildman–Crippen LogP) is 5.66. The highest BCUT2D eigenvalue weighted by molar-refractivity contribution is 8.04. The fourth-order valence-corrected chi connectivity index (χ4v) is 5.42. The summed E-state index contributed by atoms with van der Waals surface area (Å²) in [4.78, 5) is 25.0. The zero-order valence-corrected chi connectivity index (χ0v) is 21.9. The quantitative estimate of drug-likeness (QED) is 0.0591. The molecular formula is C27H17BF8N2O3S. The summed E-state index contributed by atoms with van der Waals surface area (Å²) in [6.45, 7) is -6.30. The Morgan fingerprint density at radius 1 is 0.690 bits per heavy atom. The topological polar surface area (TPSA) is 98.8 Å². The molecule has 0 N–H and O–H groups in total. The summed E-state index contributed by atoms with van der Waals surface area (Å²) in [6, 6.07) is 20.2. The highest BCUT2D eigenvalue weighted by Gasteiger charge is 2.38. The van der Waals surface area contributed by atoms with Crippen molar-refractivity contribution >= 4 is 33.9 Å². The number of halogens is 8. The van der Waals surface area contributed by atoms with Crippen molar-refractivity contribution in [2.24, 2.45) is 0 Å². The van der Waals surface area contributed by atoms with Gasteiger partial charge in [-0.25, -0.2) is 22.0 Å². The number of nitrogens with zero attached hydrogens (tertiary/aromatic N) is 2. The predicted molar refractivity (Wildman–Crippen MR) is 138 cm³/mol. The van der Waals surface area contributed by atoms with Gasteiger partial charge in [-0.2, -0.15) is 10.5 Å². The third-order valence-electron chi connectivity index (χ3n) is 5.38. The van der Waals surface area contributed by atoms with Crippen LogP contribution in [0.1, 0.15) is 20.7 Å². The first kappa shape index (κ1) is 33.6. The lowest BCUT2D eigenvalue weighted by molar-refractivity contribution is 0.102. The summed E-state index contributed by atoms with van der Waals surface area (Å²) in [5.41, 5.74) is -2.11. The standard InChI is InChI=1S/C21H17N2O3S.C6BF8/c22-13-17(14-23)11-12-27(26,15-20(24)18-7-3-1-4-8-18)16-21(25)19-9-5-2-6-10-19;8-2-1(7(13,14)15)3(9)5(11)6(12)4(2)10/h1-11H,12,15-16H2;/q+1;-1. The van der Waals surface area contributed by atoms with E-state index in [9.17, 15) is 48.7 Å². The summed E-state index contributed by atoms with van der Waals surface area (Å²) < 4.78 is 111. The number of allylic oxidation sites excluding steroid dienone is 1. The molecule has 0 aliphatic carbocycles. The van der Waals surface area contributed by atoms with E-state index < -0.39 is 51.5 Å². The van der Waals surface area contributed by atoms with Gasteiger partial charge in [0.15, 0.2) is 29.0 Å². The molecule has 0 aliphatic rings. The Balaban J connectivity index is 0.000000347. The molecule has 0 heterocycles. The van der Waals surface area contributed by atoms with E-state index in [-0.39, 0.29) is 34.4 Å². The second-order valence-corrected chi connectivity index (χ2v) is 11.2. The molecule has 0 spiro atoms. The van der Waals surface area contributed by atoms with Crippen molar-refractivity contribution in [3.05, 3.63) is 113 Å². The second-order valence-electron chi connectivity index (χ2n) is 8.40. The van der Waals surface area contributed by atoms with Crippen LogP contribution in [0.25, 0.3) is 0 Å². The third-order valence-corrected chi connectivity index (χ3v) is 7.73. The Labute approximate surface area is 235 Å². The smallest absolute Gasteiger partial charge is 0.445 e. The average molecular weight is 612 g/mol. The number of rotatable bonds is 9. The van der Waals surface area contributed by atoms with Gasteiger partial charge in [-0.3, -0.25) is 9.59 Å². The summed E-state index contributed by atoms with van der Waals surface area (Å²) in [5, 5.41) is 17.8. The summed E-state index contributed by atoms with van der Waals surface area (Å²) in [6.07, 6.45) is 1.23. The Kier molecular flexibility index (Phi) is 11.5. The number of carbonyl (C=O) groups is 2. The van der Waals surface area contributed by atoms with Crippen molar-refractivity contribution in [2.45, 2.75) is 0 Å². The van der Waals surface area contributed by atoms with E-state index in [0.717, 1.165) is 0 Å². The number of ketones is 2. The maximum atomic E-state index is 13.4. The molecule has 3 rings (SSSR count). The fourth-order valence-electron chi connectivity index (χ4n) is 3.32. The van der Waals surface area contributed by atoms with Gasteiger partial charge in [0.05, 0.1) is 0 Å². The van der Waals surface area contributed by atoms with Crippen LogP contribution in [-0.2, 0) is 14.1 Å². The molecule has 0 saturated heterocycles. The summed E-state index contributed by atoms with van der Waals surface area (Å²) in [7, 11) is -2.98. The average Bonchev–Trinajstić information content (AvgIpc) is 2.96. The molecule has 0 amide bonds. The zero-order chi connectivity index (χ0) is 31.7. The zero-order valence-electron chi connectivity index (χ0n) is 21.1. The molecule has 15 heteroatoms. The van der Waals surface area contributed by atoms with Gasteiger partial charge in [-0.05, 0) is 11.5 Å². The van der Waals surface area contributed by atoms with E-state index in [1.54, 1.807) is 72.8 Å². The van der Waals surface area contributed by atoms with Crippen LogP contribution in [0.15, 0.2) is 72.3 Å². The largest absolute Gasteiger partial charge is 0.515 e. The number of carbonyl (C=O) groups excluding carboxylic acids is 2. The number of hydrogen-bond donors (Lipinski definition) is 0. The lowest BCUT2D eigenvalue weighted by atomic mass is 9.79. The minimum absolute atomic E-state index is 0.180. The lowest BCUT2D eigenvalue weighted by Gasteiger charge is -2.17. The second kappa shape index (κ2) is 14.3. The molecular weight excluding hydrogens is 595 g/mol. The monoisotopic (exact) mass is 612 g/mol. The van der Waals surface area contributed by atoms with E-state index in [0.29, 0.717) is 11.1 Å². The molecule has 5 nitrogen and oxygen atoms in total. The molecule has 0 fully saturated rings. The molecule has 218 valence electrons. The van der Waals surface area contributed by atoms with Crippen molar-refractivity contribution < 1.29 is 48.7 Å². The Bertz CT molecular complexity index is 1530. The van der Waals surface area contributed by atoms with Gasteiger partial charge in [0.2, 0.25) is 11.6 Å². The van der Waals surface area contributed by atoms with E-state index in [4.69, 9.17) is 10.5 Å². The molecule has 3 aromatic rings. The Hall–Kier alpha value is -4.63. The molecule has 42 heavy (non-hydrogen) atoms. The summed E-state index contributed by atoms with van der Waals surface area (Å²) >= 11 is 0. The number of Topliss-reactive ketones (excluding diaryl/α,β-unsaturated/α-hetero) is 2. The van der Waals surface area contributed by atoms with Crippen LogP contribution in [-0.4, -0.2) is 35.8 Å². The molecule has 0 bridgehead atoms. The van der Waals surface area contributed by atoms with E-state index in [2.05, 4.69) is 0 Å². The van der Waals surface area contributed by atoms with Gasteiger partial charge in [-0.15, -0.1) is 4.21 Å². The first-order valence-electron chi connectivity index (χ1n) is 11.5. The molecule has 0 aliphatic heterocycles. The lowest BCUT2D eigenvalue weighted by Crippen LogP contribution is -2.41. The first-order chi connectivity index (χ1) is 19.6. The van der Waals surface area contributed by atoms with Gasteiger partial charge in [0.1, 0.15) is 45.0 Å². The van der Waals surface area contributed by atoms with Crippen LogP contribution in [0, 0.1) is 51.7 Å². The fraction of sp³-hybridized carbons (Fsp3) is 0.111. The molecule has 0 unspecified atom stereocenters. The van der Waals surface area contributed by atoms with Crippen LogP contribution in [0.2, 0.25) is 0 Å². The van der Waals surface area contributed by atoms with Crippen LogP contribution in [0.3, 0.4) is 0 Å². The molecule has 3 aromatic carbocycles. The Morgan fingerprint density at radius 3 is 1.38 bits per heavy atom. The van der Waals surface area contributed by atoms with Crippen LogP contribution >= 0.6 is 0 Å². The van der Waals surface area contributed by atoms with E-state index in [1.165, 1.54) is 6.08 Å². The highest BCUT2D eigenvalue weighted by atomic mass is 32.2.